The number of carbonyl (C=O) groups is 2. The summed E-state index contributed by atoms with van der Waals surface area (Å²) in [5.41, 5.74) is 0.480. The molecule has 96 valence electrons. The van der Waals surface area contributed by atoms with E-state index >= 15 is 0 Å². The Morgan fingerprint density at radius 1 is 1.50 bits per heavy atom. The van der Waals surface area contributed by atoms with Crippen LogP contribution in [0.15, 0.2) is 18.2 Å². The second-order valence-electron chi connectivity index (χ2n) is 3.03. The second kappa shape index (κ2) is 5.68. The van der Waals surface area contributed by atoms with Gasteiger partial charge in [0, 0.05) is 6.07 Å². The van der Waals surface area contributed by atoms with Crippen molar-refractivity contribution in [3.05, 3.63) is 39.7 Å². The van der Waals surface area contributed by atoms with Crippen LogP contribution in [0.1, 0.15) is 10.4 Å². The van der Waals surface area contributed by atoms with E-state index in [0.29, 0.717) is 6.07 Å². The van der Waals surface area contributed by atoms with Gasteiger partial charge >= 0.3 is 5.97 Å². The summed E-state index contributed by atoms with van der Waals surface area (Å²) in [5.74, 6) is -3.30. The zero-order valence-corrected chi connectivity index (χ0v) is 8.75. The third-order valence-electron chi connectivity index (χ3n) is 1.76. The van der Waals surface area contributed by atoms with E-state index in [9.17, 15) is 24.1 Å². The molecule has 0 aromatic heterocycles. The Balaban J connectivity index is 2.87. The lowest BCUT2D eigenvalue weighted by molar-refractivity contribution is -0.385. The zero-order chi connectivity index (χ0) is 13.7. The van der Waals surface area contributed by atoms with Crippen LogP contribution in [0.5, 0.6) is 0 Å². The number of nitrogens with zero attached hydrogens (tertiary/aromatic N) is 1. The van der Waals surface area contributed by atoms with Crippen molar-refractivity contribution < 1.29 is 28.8 Å². The summed E-state index contributed by atoms with van der Waals surface area (Å²) in [4.78, 5) is 35.5. The monoisotopic (exact) mass is 258 g/mol. The van der Waals surface area contributed by atoms with Gasteiger partial charge < -0.3 is 5.11 Å². The van der Waals surface area contributed by atoms with Gasteiger partial charge in [0.1, 0.15) is 11.4 Å². The van der Waals surface area contributed by atoms with Gasteiger partial charge in [0.05, 0.1) is 4.92 Å². The molecule has 9 heteroatoms. The Morgan fingerprint density at radius 3 is 2.72 bits per heavy atom. The summed E-state index contributed by atoms with van der Waals surface area (Å²) in [7, 11) is 0. The lowest BCUT2D eigenvalue weighted by atomic mass is 10.1. The van der Waals surface area contributed by atoms with Crippen molar-refractivity contribution in [1.29, 1.82) is 0 Å². The van der Waals surface area contributed by atoms with Crippen LogP contribution in [0.25, 0.3) is 0 Å². The molecule has 0 aliphatic heterocycles. The first-order chi connectivity index (χ1) is 8.41. The number of amides is 1. The molecule has 0 atom stereocenters. The highest BCUT2D eigenvalue weighted by Crippen LogP contribution is 2.19. The molecular formula is C9H7FN2O6. The van der Waals surface area contributed by atoms with Crippen LogP contribution in [0.4, 0.5) is 10.1 Å². The lowest BCUT2D eigenvalue weighted by Crippen LogP contribution is -2.27. The molecule has 1 amide bonds. The third-order valence-corrected chi connectivity index (χ3v) is 1.76. The van der Waals surface area contributed by atoms with Gasteiger partial charge in [0.15, 0.2) is 6.61 Å². The molecule has 1 rings (SSSR count). The van der Waals surface area contributed by atoms with E-state index in [1.165, 1.54) is 0 Å². The summed E-state index contributed by atoms with van der Waals surface area (Å²) in [6.07, 6.45) is 0. The number of hydrogen-bond donors (Lipinski definition) is 2. The summed E-state index contributed by atoms with van der Waals surface area (Å²) in [6, 6.07) is 2.30. The summed E-state index contributed by atoms with van der Waals surface area (Å²) < 4.78 is 12.9. The molecule has 0 saturated carbocycles. The molecule has 1 aromatic carbocycles. The lowest BCUT2D eigenvalue weighted by Gasteiger charge is -2.04. The fourth-order valence-corrected chi connectivity index (χ4v) is 1.07. The standard InChI is InChI=1S/C9H7FN2O6/c10-5-1-2-7(12(16)17)6(3-5)9(15)11-18-4-8(13)14/h1-3H,4H2,(H,11,15)(H,13,14). The van der Waals surface area contributed by atoms with Crippen molar-refractivity contribution >= 4 is 17.6 Å². The van der Waals surface area contributed by atoms with E-state index in [-0.39, 0.29) is 0 Å². The van der Waals surface area contributed by atoms with E-state index in [1.807, 2.05) is 0 Å². The Kier molecular flexibility index (Phi) is 4.27. The number of hydroxylamine groups is 1. The van der Waals surface area contributed by atoms with Gasteiger partial charge in [-0.1, -0.05) is 0 Å². The predicted molar refractivity (Wildman–Crippen MR) is 54.1 cm³/mol. The molecule has 0 heterocycles. The Morgan fingerprint density at radius 2 is 2.17 bits per heavy atom. The molecule has 1 aromatic rings. The van der Waals surface area contributed by atoms with Gasteiger partial charge in [-0.25, -0.2) is 14.7 Å². The third kappa shape index (κ3) is 3.49. The highest BCUT2D eigenvalue weighted by atomic mass is 19.1. The number of carbonyl (C=O) groups excluding carboxylic acids is 1. The van der Waals surface area contributed by atoms with Crippen LogP contribution in [-0.4, -0.2) is 28.5 Å². The summed E-state index contributed by atoms with van der Waals surface area (Å²) in [6.45, 7) is -0.825. The minimum Gasteiger partial charge on any atom is -0.479 e. The molecule has 0 spiro atoms. The number of carboxylic acid groups (broad SMARTS) is 1. The highest BCUT2D eigenvalue weighted by molar-refractivity contribution is 5.97. The van der Waals surface area contributed by atoms with E-state index in [4.69, 9.17) is 5.11 Å². The molecular weight excluding hydrogens is 251 g/mol. The molecule has 0 aliphatic carbocycles. The second-order valence-corrected chi connectivity index (χ2v) is 3.03. The van der Waals surface area contributed by atoms with Crippen LogP contribution < -0.4 is 5.48 Å². The molecule has 2 N–H and O–H groups in total. The Bertz CT molecular complexity index is 504. The number of halogens is 1. The van der Waals surface area contributed by atoms with E-state index in [1.54, 1.807) is 5.48 Å². The Labute approximate surface area is 99.1 Å². The maximum atomic E-state index is 12.9. The predicted octanol–water partition coefficient (Wildman–Crippen LogP) is 0.480. The molecule has 0 unspecified atom stereocenters. The SMILES string of the molecule is O=C(O)CONC(=O)c1cc(F)ccc1[N+](=O)[O-]. The molecule has 8 nitrogen and oxygen atoms in total. The topological polar surface area (TPSA) is 119 Å². The maximum absolute atomic E-state index is 12.9. The van der Waals surface area contributed by atoms with Crippen LogP contribution in [0.2, 0.25) is 0 Å². The minimum absolute atomic E-state index is 0.564. The van der Waals surface area contributed by atoms with E-state index in [2.05, 4.69) is 4.84 Å². The van der Waals surface area contributed by atoms with Crippen LogP contribution >= 0.6 is 0 Å². The van der Waals surface area contributed by atoms with Gasteiger partial charge in [-0.15, -0.1) is 0 Å². The normalized spacial score (nSPS) is 9.83. The number of benzene rings is 1. The fraction of sp³-hybridized carbons (Fsp3) is 0.111. The van der Waals surface area contributed by atoms with Gasteiger partial charge in [0.2, 0.25) is 0 Å². The van der Waals surface area contributed by atoms with E-state index in [0.717, 1.165) is 12.1 Å². The van der Waals surface area contributed by atoms with Crippen LogP contribution in [0, 0.1) is 15.9 Å². The number of nitro groups is 1. The number of nitrogens with one attached hydrogen (secondary N) is 1. The van der Waals surface area contributed by atoms with Crippen molar-refractivity contribution in [1.82, 2.24) is 5.48 Å². The van der Waals surface area contributed by atoms with Crippen molar-refractivity contribution in [2.24, 2.45) is 0 Å². The van der Waals surface area contributed by atoms with Crippen LogP contribution in [-0.2, 0) is 9.63 Å². The molecule has 18 heavy (non-hydrogen) atoms. The zero-order valence-electron chi connectivity index (χ0n) is 8.75. The van der Waals surface area contributed by atoms with Gasteiger partial charge in [-0.05, 0) is 12.1 Å². The fourth-order valence-electron chi connectivity index (χ4n) is 1.07. The van der Waals surface area contributed by atoms with Gasteiger partial charge in [-0.3, -0.25) is 19.7 Å². The number of nitro benzene ring substituents is 1. The first-order valence-electron chi connectivity index (χ1n) is 4.49. The first-order valence-corrected chi connectivity index (χ1v) is 4.49. The average Bonchev–Trinajstić information content (AvgIpc) is 2.27. The minimum atomic E-state index is -1.34. The maximum Gasteiger partial charge on any atom is 0.332 e. The van der Waals surface area contributed by atoms with Crippen molar-refractivity contribution in [2.75, 3.05) is 6.61 Å². The van der Waals surface area contributed by atoms with Gasteiger partial charge in [0.25, 0.3) is 11.6 Å². The molecule has 0 fully saturated rings. The smallest absolute Gasteiger partial charge is 0.332 e. The van der Waals surface area contributed by atoms with Gasteiger partial charge in [-0.2, -0.15) is 0 Å². The van der Waals surface area contributed by atoms with Crippen molar-refractivity contribution in [3.63, 3.8) is 0 Å². The molecule has 0 saturated heterocycles. The molecule has 0 bridgehead atoms. The summed E-state index contributed by atoms with van der Waals surface area (Å²) >= 11 is 0. The van der Waals surface area contributed by atoms with E-state index < -0.39 is 40.5 Å². The Hall–Kier alpha value is -2.55. The first kappa shape index (κ1) is 13.5. The number of aliphatic carboxylic acids is 1. The quantitative estimate of drug-likeness (QED) is 0.585. The largest absolute Gasteiger partial charge is 0.479 e. The molecule has 0 aliphatic rings. The van der Waals surface area contributed by atoms with Crippen molar-refractivity contribution in [2.45, 2.75) is 0 Å². The number of hydrogen-bond acceptors (Lipinski definition) is 5. The van der Waals surface area contributed by atoms with Crippen molar-refractivity contribution in [3.8, 4) is 0 Å². The average molecular weight is 258 g/mol. The highest BCUT2D eigenvalue weighted by Gasteiger charge is 2.21. The number of rotatable bonds is 5. The molecule has 0 radical (unpaired) electrons. The summed E-state index contributed by atoms with van der Waals surface area (Å²) in [5, 5.41) is 18.8. The number of carboxylic acids is 1. The van der Waals surface area contributed by atoms with Crippen LogP contribution in [0.3, 0.4) is 0 Å².